The van der Waals surface area contributed by atoms with Crippen LogP contribution in [0.5, 0.6) is 0 Å². The standard InChI is InChI=1S/C10H15N3O/c11-10(13-8-3-4-8)12-6-5-9-2-1-7-14-9/h1-2,7-8H,3-6H2,(H3,11,12,13). The molecule has 1 aromatic rings. The number of hydrogen-bond acceptors (Lipinski definition) is 2. The highest BCUT2D eigenvalue weighted by atomic mass is 16.3. The molecule has 0 saturated heterocycles. The van der Waals surface area contributed by atoms with Crippen LogP contribution < -0.4 is 11.1 Å². The topological polar surface area (TPSA) is 63.5 Å². The van der Waals surface area contributed by atoms with E-state index in [1.807, 2.05) is 12.1 Å². The van der Waals surface area contributed by atoms with Crippen molar-refractivity contribution in [3.63, 3.8) is 0 Å². The minimum absolute atomic E-state index is 0.555. The highest BCUT2D eigenvalue weighted by Gasteiger charge is 2.21. The summed E-state index contributed by atoms with van der Waals surface area (Å²) >= 11 is 0. The van der Waals surface area contributed by atoms with Crippen molar-refractivity contribution in [3.8, 4) is 0 Å². The van der Waals surface area contributed by atoms with Gasteiger partial charge in [0.25, 0.3) is 0 Å². The van der Waals surface area contributed by atoms with Gasteiger partial charge in [0.05, 0.1) is 6.26 Å². The van der Waals surface area contributed by atoms with Gasteiger partial charge in [0.15, 0.2) is 5.96 Å². The van der Waals surface area contributed by atoms with E-state index in [4.69, 9.17) is 10.2 Å². The van der Waals surface area contributed by atoms with Crippen molar-refractivity contribution < 1.29 is 4.42 Å². The Morgan fingerprint density at radius 2 is 2.50 bits per heavy atom. The first kappa shape index (κ1) is 9.12. The van der Waals surface area contributed by atoms with Gasteiger partial charge in [0, 0.05) is 19.0 Å². The van der Waals surface area contributed by atoms with Gasteiger partial charge in [0.1, 0.15) is 5.76 Å². The van der Waals surface area contributed by atoms with Crippen LogP contribution in [0.4, 0.5) is 0 Å². The summed E-state index contributed by atoms with van der Waals surface area (Å²) in [6, 6.07) is 4.40. The SMILES string of the molecule is NC(=NCCc1ccco1)NC1CC1. The van der Waals surface area contributed by atoms with Crippen molar-refractivity contribution in [1.29, 1.82) is 0 Å². The summed E-state index contributed by atoms with van der Waals surface area (Å²) in [6.07, 6.45) is 4.91. The average molecular weight is 193 g/mol. The number of furan rings is 1. The van der Waals surface area contributed by atoms with Crippen LogP contribution in [0.2, 0.25) is 0 Å². The van der Waals surface area contributed by atoms with E-state index in [2.05, 4.69) is 10.3 Å². The molecule has 1 aromatic heterocycles. The van der Waals surface area contributed by atoms with E-state index in [1.165, 1.54) is 12.8 Å². The molecule has 0 atom stereocenters. The van der Waals surface area contributed by atoms with E-state index < -0.39 is 0 Å². The molecule has 0 aromatic carbocycles. The number of rotatable bonds is 4. The van der Waals surface area contributed by atoms with E-state index >= 15 is 0 Å². The van der Waals surface area contributed by atoms with Gasteiger partial charge < -0.3 is 15.5 Å². The summed E-state index contributed by atoms with van der Waals surface area (Å²) < 4.78 is 5.18. The molecule has 0 bridgehead atoms. The van der Waals surface area contributed by atoms with Crippen LogP contribution in [0.1, 0.15) is 18.6 Å². The van der Waals surface area contributed by atoms with E-state index in [-0.39, 0.29) is 0 Å². The maximum absolute atomic E-state index is 5.66. The maximum Gasteiger partial charge on any atom is 0.188 e. The Hall–Kier alpha value is -1.45. The second-order valence-corrected chi connectivity index (χ2v) is 3.51. The molecule has 1 fully saturated rings. The summed E-state index contributed by atoms with van der Waals surface area (Å²) in [5, 5.41) is 3.13. The first-order chi connectivity index (χ1) is 6.84. The molecule has 3 N–H and O–H groups in total. The quantitative estimate of drug-likeness (QED) is 0.551. The summed E-state index contributed by atoms with van der Waals surface area (Å²) in [7, 11) is 0. The second kappa shape index (κ2) is 4.17. The van der Waals surface area contributed by atoms with Gasteiger partial charge in [-0.25, -0.2) is 0 Å². The third-order valence-corrected chi connectivity index (χ3v) is 2.15. The molecular formula is C10H15N3O. The largest absolute Gasteiger partial charge is 0.469 e. The monoisotopic (exact) mass is 193 g/mol. The fraction of sp³-hybridized carbons (Fsp3) is 0.500. The normalized spacial score (nSPS) is 17.0. The van der Waals surface area contributed by atoms with Crippen LogP contribution in [-0.2, 0) is 6.42 Å². The average Bonchev–Trinajstić information content (AvgIpc) is 2.82. The lowest BCUT2D eigenvalue weighted by molar-refractivity contribution is 0.511. The Kier molecular flexibility index (Phi) is 2.72. The minimum Gasteiger partial charge on any atom is -0.469 e. The lowest BCUT2D eigenvalue weighted by Crippen LogP contribution is -2.33. The zero-order valence-electron chi connectivity index (χ0n) is 8.07. The van der Waals surface area contributed by atoms with Crippen LogP contribution in [0.25, 0.3) is 0 Å². The van der Waals surface area contributed by atoms with E-state index in [0.29, 0.717) is 18.5 Å². The Labute approximate surface area is 83.2 Å². The smallest absolute Gasteiger partial charge is 0.188 e. The highest BCUT2D eigenvalue weighted by molar-refractivity contribution is 5.78. The van der Waals surface area contributed by atoms with Crippen molar-refractivity contribution in [2.45, 2.75) is 25.3 Å². The first-order valence-corrected chi connectivity index (χ1v) is 4.93. The second-order valence-electron chi connectivity index (χ2n) is 3.51. The zero-order valence-corrected chi connectivity index (χ0v) is 8.07. The van der Waals surface area contributed by atoms with Gasteiger partial charge in [-0.15, -0.1) is 0 Å². The zero-order chi connectivity index (χ0) is 9.80. The first-order valence-electron chi connectivity index (χ1n) is 4.93. The molecule has 14 heavy (non-hydrogen) atoms. The molecule has 4 nitrogen and oxygen atoms in total. The molecule has 0 spiro atoms. The summed E-state index contributed by atoms with van der Waals surface area (Å²) in [6.45, 7) is 0.680. The minimum atomic E-state index is 0.555. The van der Waals surface area contributed by atoms with Crippen LogP contribution in [0.3, 0.4) is 0 Å². The van der Waals surface area contributed by atoms with E-state index in [9.17, 15) is 0 Å². The van der Waals surface area contributed by atoms with Gasteiger partial charge in [-0.1, -0.05) is 0 Å². The summed E-state index contributed by atoms with van der Waals surface area (Å²) in [4.78, 5) is 4.20. The fourth-order valence-electron chi connectivity index (χ4n) is 1.22. The van der Waals surface area contributed by atoms with Crippen LogP contribution in [0.15, 0.2) is 27.8 Å². The Balaban J connectivity index is 1.69. The Morgan fingerprint density at radius 1 is 1.64 bits per heavy atom. The predicted molar refractivity (Wildman–Crippen MR) is 55.1 cm³/mol. The van der Waals surface area contributed by atoms with Crippen molar-refractivity contribution in [2.24, 2.45) is 10.7 Å². The van der Waals surface area contributed by atoms with E-state index in [0.717, 1.165) is 12.2 Å². The van der Waals surface area contributed by atoms with Crippen LogP contribution in [-0.4, -0.2) is 18.5 Å². The van der Waals surface area contributed by atoms with Crippen molar-refractivity contribution >= 4 is 5.96 Å². The Morgan fingerprint density at radius 3 is 3.14 bits per heavy atom. The molecule has 1 aliphatic rings. The third kappa shape index (κ3) is 2.80. The molecule has 0 amide bonds. The number of hydrogen-bond donors (Lipinski definition) is 2. The molecule has 0 aliphatic heterocycles. The summed E-state index contributed by atoms with van der Waals surface area (Å²) in [5.74, 6) is 1.51. The van der Waals surface area contributed by atoms with Crippen molar-refractivity contribution in [3.05, 3.63) is 24.2 Å². The number of nitrogens with one attached hydrogen (secondary N) is 1. The van der Waals surface area contributed by atoms with Gasteiger partial charge >= 0.3 is 0 Å². The van der Waals surface area contributed by atoms with Crippen LogP contribution in [0, 0.1) is 0 Å². The number of nitrogens with two attached hydrogens (primary N) is 1. The molecule has 76 valence electrons. The molecule has 1 aliphatic carbocycles. The maximum atomic E-state index is 5.66. The van der Waals surface area contributed by atoms with Gasteiger partial charge in [0.2, 0.25) is 0 Å². The van der Waals surface area contributed by atoms with E-state index in [1.54, 1.807) is 6.26 Å². The number of nitrogens with zero attached hydrogens (tertiary/aromatic N) is 1. The van der Waals surface area contributed by atoms with Gasteiger partial charge in [-0.2, -0.15) is 0 Å². The lowest BCUT2D eigenvalue weighted by Gasteiger charge is -2.01. The van der Waals surface area contributed by atoms with Crippen LogP contribution >= 0.6 is 0 Å². The third-order valence-electron chi connectivity index (χ3n) is 2.15. The number of aliphatic imine (C=N–C) groups is 1. The van der Waals surface area contributed by atoms with Crippen molar-refractivity contribution in [2.75, 3.05) is 6.54 Å². The molecule has 1 saturated carbocycles. The fourth-order valence-corrected chi connectivity index (χ4v) is 1.22. The molecule has 1 heterocycles. The molecule has 4 heteroatoms. The Bertz CT molecular complexity index is 301. The molecule has 0 unspecified atom stereocenters. The van der Waals surface area contributed by atoms with Crippen molar-refractivity contribution in [1.82, 2.24) is 5.32 Å². The molecular weight excluding hydrogens is 178 g/mol. The predicted octanol–water partition coefficient (Wildman–Crippen LogP) is 0.889. The molecule has 2 rings (SSSR count). The highest BCUT2D eigenvalue weighted by Crippen LogP contribution is 2.17. The van der Waals surface area contributed by atoms with Gasteiger partial charge in [-0.3, -0.25) is 4.99 Å². The molecule has 0 radical (unpaired) electrons. The van der Waals surface area contributed by atoms with Gasteiger partial charge in [-0.05, 0) is 25.0 Å². The summed E-state index contributed by atoms with van der Waals surface area (Å²) in [5.41, 5.74) is 5.66. The lowest BCUT2D eigenvalue weighted by atomic mass is 10.3. The number of guanidine groups is 1.